The van der Waals surface area contributed by atoms with Crippen molar-refractivity contribution in [2.45, 2.75) is 319 Å². The van der Waals surface area contributed by atoms with Gasteiger partial charge in [0.2, 0.25) is 5.91 Å². The summed E-state index contributed by atoms with van der Waals surface area (Å²) in [5.41, 5.74) is 0. The molecule has 2 aliphatic heterocycles. The molecule has 14 nitrogen and oxygen atoms in total. The molecule has 2 heterocycles. The standard InChI is InChI=1S/C58H109NO13/c1-3-5-7-9-10-11-12-13-14-15-16-17-18-19-20-21-22-23-24-25-26-27-28-29-30-31-32-33-34-35-36-38-40-42-50(63)59-46(47(62)41-39-37-8-6-4-2)45-69-57-55(68)53(66)56(49(44-61)71-57)72-58-54(67)52(65)51(64)48(43-60)70-58/h12-13,15-16,46-49,51-58,60-62,64-68H,3-11,14,17-45H2,1-2H3,(H,59,63)/b13-12-,16-15-. The fourth-order valence-corrected chi connectivity index (χ4v) is 9.86. The summed E-state index contributed by atoms with van der Waals surface area (Å²) in [4.78, 5) is 13.1. The van der Waals surface area contributed by atoms with Gasteiger partial charge in [-0.2, -0.15) is 0 Å². The zero-order chi connectivity index (χ0) is 52.4. The highest BCUT2D eigenvalue weighted by Crippen LogP contribution is 2.30. The van der Waals surface area contributed by atoms with Gasteiger partial charge in [0.15, 0.2) is 12.6 Å². The normalized spacial score (nSPS) is 25.7. The first-order valence-electron chi connectivity index (χ1n) is 29.6. The van der Waals surface area contributed by atoms with Crippen molar-refractivity contribution in [2.75, 3.05) is 19.8 Å². The first kappa shape index (κ1) is 66.6. The van der Waals surface area contributed by atoms with Crippen LogP contribution in [0.5, 0.6) is 0 Å². The summed E-state index contributed by atoms with van der Waals surface area (Å²) in [7, 11) is 0. The summed E-state index contributed by atoms with van der Waals surface area (Å²) >= 11 is 0. The lowest BCUT2D eigenvalue weighted by atomic mass is 9.97. The van der Waals surface area contributed by atoms with Gasteiger partial charge in [-0.25, -0.2) is 0 Å². The molecule has 0 aromatic rings. The fraction of sp³-hybridized carbons (Fsp3) is 0.914. The molecular formula is C58H109NO13. The molecule has 2 saturated heterocycles. The van der Waals surface area contributed by atoms with E-state index in [1.807, 2.05) is 0 Å². The summed E-state index contributed by atoms with van der Waals surface area (Å²) < 4.78 is 22.7. The average Bonchev–Trinajstić information content (AvgIpc) is 3.38. The first-order chi connectivity index (χ1) is 35.1. The second kappa shape index (κ2) is 44.6. The minimum atomic E-state index is -1.78. The number of aliphatic hydroxyl groups excluding tert-OH is 8. The van der Waals surface area contributed by atoms with E-state index in [9.17, 15) is 45.6 Å². The summed E-state index contributed by atoms with van der Waals surface area (Å²) in [6, 6.07) is -0.821. The Kier molecular flexibility index (Phi) is 41.2. The Hall–Kier alpha value is -1.53. The van der Waals surface area contributed by atoms with E-state index in [-0.39, 0.29) is 12.5 Å². The minimum Gasteiger partial charge on any atom is -0.394 e. The van der Waals surface area contributed by atoms with Crippen LogP contribution in [0.1, 0.15) is 245 Å². The highest BCUT2D eigenvalue weighted by atomic mass is 16.7. The van der Waals surface area contributed by atoms with E-state index in [2.05, 4.69) is 43.5 Å². The molecule has 424 valence electrons. The highest BCUT2D eigenvalue weighted by Gasteiger charge is 2.51. The molecule has 0 saturated carbocycles. The van der Waals surface area contributed by atoms with Gasteiger partial charge in [-0.05, 0) is 44.9 Å². The number of carbonyl (C=O) groups excluding carboxylic acids is 1. The SMILES string of the molecule is CCCCCCC/C=C\C/C=C\CCCCCCCCCCCCCCCCCCCCCCCC(=O)NC(COC1OC(CO)C(OC2OC(CO)C(O)C(O)C2O)C(O)C1O)C(O)CCCCCCC. The van der Waals surface area contributed by atoms with Crippen molar-refractivity contribution in [1.82, 2.24) is 5.32 Å². The van der Waals surface area contributed by atoms with Crippen LogP contribution in [-0.2, 0) is 23.7 Å². The third-order valence-electron chi connectivity index (χ3n) is 14.7. The van der Waals surface area contributed by atoms with E-state index in [0.29, 0.717) is 12.8 Å². The van der Waals surface area contributed by atoms with Crippen LogP contribution in [0.4, 0.5) is 0 Å². The van der Waals surface area contributed by atoms with E-state index >= 15 is 0 Å². The molecule has 12 atom stereocenters. The maximum atomic E-state index is 13.1. The third kappa shape index (κ3) is 30.3. The van der Waals surface area contributed by atoms with Gasteiger partial charge >= 0.3 is 0 Å². The number of allylic oxidation sites excluding steroid dienone is 4. The van der Waals surface area contributed by atoms with E-state index in [1.54, 1.807) is 0 Å². The molecule has 9 N–H and O–H groups in total. The van der Waals surface area contributed by atoms with Crippen molar-refractivity contribution in [3.63, 3.8) is 0 Å². The number of carbonyl (C=O) groups is 1. The number of amides is 1. The van der Waals surface area contributed by atoms with Crippen molar-refractivity contribution in [1.29, 1.82) is 0 Å². The van der Waals surface area contributed by atoms with Crippen molar-refractivity contribution in [2.24, 2.45) is 0 Å². The van der Waals surface area contributed by atoms with Gasteiger partial charge in [0.1, 0.15) is 48.8 Å². The van der Waals surface area contributed by atoms with Crippen LogP contribution in [0.15, 0.2) is 24.3 Å². The highest BCUT2D eigenvalue weighted by molar-refractivity contribution is 5.76. The van der Waals surface area contributed by atoms with Crippen molar-refractivity contribution >= 4 is 5.91 Å². The molecule has 12 unspecified atom stereocenters. The predicted octanol–water partition coefficient (Wildman–Crippen LogP) is 9.67. The quantitative estimate of drug-likeness (QED) is 0.0205. The van der Waals surface area contributed by atoms with Crippen LogP contribution >= 0.6 is 0 Å². The Balaban J connectivity index is 1.52. The van der Waals surface area contributed by atoms with E-state index in [1.165, 1.54) is 154 Å². The van der Waals surface area contributed by atoms with Crippen LogP contribution in [0, 0.1) is 0 Å². The zero-order valence-corrected chi connectivity index (χ0v) is 45.4. The second-order valence-corrected chi connectivity index (χ2v) is 21.1. The van der Waals surface area contributed by atoms with Crippen LogP contribution in [0.25, 0.3) is 0 Å². The second-order valence-electron chi connectivity index (χ2n) is 21.1. The van der Waals surface area contributed by atoms with Gasteiger partial charge in [-0.1, -0.05) is 218 Å². The van der Waals surface area contributed by atoms with Gasteiger partial charge in [0, 0.05) is 6.42 Å². The fourth-order valence-electron chi connectivity index (χ4n) is 9.86. The summed E-state index contributed by atoms with van der Waals surface area (Å²) in [5.74, 6) is -0.210. The van der Waals surface area contributed by atoms with Crippen LogP contribution in [0.2, 0.25) is 0 Å². The summed E-state index contributed by atoms with van der Waals surface area (Å²) in [6.45, 7) is 2.76. The van der Waals surface area contributed by atoms with Gasteiger partial charge in [0.25, 0.3) is 0 Å². The maximum Gasteiger partial charge on any atom is 0.220 e. The Bertz CT molecular complexity index is 1300. The van der Waals surface area contributed by atoms with Crippen LogP contribution in [0.3, 0.4) is 0 Å². The molecule has 0 radical (unpaired) electrons. The van der Waals surface area contributed by atoms with E-state index in [4.69, 9.17) is 18.9 Å². The average molecular weight is 1030 g/mol. The molecule has 1 amide bonds. The molecule has 0 aromatic heterocycles. The smallest absolute Gasteiger partial charge is 0.220 e. The zero-order valence-electron chi connectivity index (χ0n) is 45.4. The molecule has 2 aliphatic rings. The topological polar surface area (TPSA) is 228 Å². The molecular weight excluding hydrogens is 919 g/mol. The summed E-state index contributed by atoms with van der Waals surface area (Å²) in [5, 5.41) is 86.5. The van der Waals surface area contributed by atoms with Gasteiger partial charge in [0.05, 0.1) is 32.0 Å². The Morgan fingerprint density at radius 2 is 0.917 bits per heavy atom. The van der Waals surface area contributed by atoms with E-state index < -0.39 is 86.8 Å². The Morgan fingerprint density at radius 1 is 0.500 bits per heavy atom. The molecule has 2 fully saturated rings. The van der Waals surface area contributed by atoms with E-state index in [0.717, 1.165) is 64.2 Å². The number of rotatable bonds is 47. The first-order valence-corrected chi connectivity index (χ1v) is 29.6. The summed E-state index contributed by atoms with van der Waals surface area (Å²) in [6.07, 6.45) is 35.7. The molecule has 0 spiro atoms. The molecule has 72 heavy (non-hydrogen) atoms. The predicted molar refractivity (Wildman–Crippen MR) is 286 cm³/mol. The van der Waals surface area contributed by atoms with Gasteiger partial charge in [-0.15, -0.1) is 0 Å². The molecule has 2 rings (SSSR count). The largest absolute Gasteiger partial charge is 0.394 e. The van der Waals surface area contributed by atoms with Crippen molar-refractivity contribution < 1.29 is 64.6 Å². The molecule has 0 aromatic carbocycles. The van der Waals surface area contributed by atoms with Crippen molar-refractivity contribution in [3.8, 4) is 0 Å². The number of ether oxygens (including phenoxy) is 4. The van der Waals surface area contributed by atoms with Gasteiger partial charge in [-0.3, -0.25) is 4.79 Å². The van der Waals surface area contributed by atoms with Crippen LogP contribution in [-0.4, -0.2) is 140 Å². The number of aliphatic hydroxyl groups is 8. The maximum absolute atomic E-state index is 13.1. The lowest BCUT2D eigenvalue weighted by molar-refractivity contribution is -0.359. The molecule has 0 bridgehead atoms. The third-order valence-corrected chi connectivity index (χ3v) is 14.7. The number of unbranched alkanes of at least 4 members (excludes halogenated alkanes) is 30. The lowest BCUT2D eigenvalue weighted by Gasteiger charge is -2.46. The number of hydrogen-bond donors (Lipinski definition) is 9. The Labute approximate surface area is 437 Å². The number of hydrogen-bond acceptors (Lipinski definition) is 13. The Morgan fingerprint density at radius 3 is 1.39 bits per heavy atom. The molecule has 14 heteroatoms. The van der Waals surface area contributed by atoms with Crippen LogP contribution < -0.4 is 5.32 Å². The van der Waals surface area contributed by atoms with Gasteiger partial charge < -0.3 is 65.1 Å². The molecule has 0 aliphatic carbocycles. The number of nitrogens with one attached hydrogen (secondary N) is 1. The lowest BCUT2D eigenvalue weighted by Crippen LogP contribution is -2.65. The minimum absolute atomic E-state index is 0.210. The van der Waals surface area contributed by atoms with Crippen molar-refractivity contribution in [3.05, 3.63) is 24.3 Å². The monoisotopic (exact) mass is 1030 g/mol.